The first-order chi connectivity index (χ1) is 8.18. The van der Waals surface area contributed by atoms with Crippen LogP contribution in [0.1, 0.15) is 11.4 Å². The van der Waals surface area contributed by atoms with Gasteiger partial charge >= 0.3 is 0 Å². The summed E-state index contributed by atoms with van der Waals surface area (Å²) < 4.78 is 7.37. The second-order valence-corrected chi connectivity index (χ2v) is 3.51. The molecule has 0 saturated carbocycles. The van der Waals surface area contributed by atoms with E-state index in [2.05, 4.69) is 9.97 Å². The van der Waals surface area contributed by atoms with Crippen LogP contribution in [0.3, 0.4) is 0 Å². The summed E-state index contributed by atoms with van der Waals surface area (Å²) in [6, 6.07) is 3.41. The molecule has 0 aliphatic heterocycles. The predicted molar refractivity (Wildman–Crippen MR) is 70.0 cm³/mol. The van der Waals surface area contributed by atoms with Gasteiger partial charge in [-0.05, 0) is 12.1 Å². The van der Waals surface area contributed by atoms with Gasteiger partial charge in [0.05, 0.1) is 5.56 Å². The molecule has 0 atom stereocenters. The number of nitrogens with zero attached hydrogens (tertiary/aromatic N) is 3. The normalized spacial score (nSPS) is 9.61. The van der Waals surface area contributed by atoms with Gasteiger partial charge in [0, 0.05) is 25.6 Å². The first kappa shape index (κ1) is 14.0. The van der Waals surface area contributed by atoms with E-state index in [-0.39, 0.29) is 18.2 Å². The summed E-state index contributed by atoms with van der Waals surface area (Å²) in [5, 5.41) is 7.41. The van der Waals surface area contributed by atoms with Gasteiger partial charge in [0.2, 0.25) is 5.88 Å². The largest absolute Gasteiger partial charge is 0.469 e. The van der Waals surface area contributed by atoms with E-state index in [0.717, 1.165) is 5.82 Å². The molecule has 96 valence electrons. The molecule has 7 heteroatoms. The first-order valence-corrected chi connectivity index (χ1v) is 5.07. The van der Waals surface area contributed by atoms with E-state index in [1.165, 1.54) is 0 Å². The van der Waals surface area contributed by atoms with Gasteiger partial charge in [-0.2, -0.15) is 0 Å². The highest BCUT2D eigenvalue weighted by molar-refractivity contribution is 5.96. The zero-order chi connectivity index (χ0) is 12.3. The zero-order valence-corrected chi connectivity index (χ0v) is 10.6. The lowest BCUT2D eigenvalue weighted by molar-refractivity contribution is 0.280. The van der Waals surface area contributed by atoms with Crippen molar-refractivity contribution in [2.75, 3.05) is 0 Å². The third kappa shape index (κ3) is 2.98. The highest BCUT2D eigenvalue weighted by Gasteiger charge is 2.08. The van der Waals surface area contributed by atoms with Crippen LogP contribution in [0.4, 0.5) is 0 Å². The minimum Gasteiger partial charge on any atom is -0.469 e. The van der Waals surface area contributed by atoms with Crippen LogP contribution < -0.4 is 10.5 Å². The number of nitrogens with one attached hydrogen (secondary N) is 1. The molecule has 18 heavy (non-hydrogen) atoms. The quantitative estimate of drug-likeness (QED) is 0.641. The molecule has 0 bridgehead atoms. The number of hydrogen-bond donors (Lipinski definition) is 2. The van der Waals surface area contributed by atoms with E-state index in [4.69, 9.17) is 15.9 Å². The van der Waals surface area contributed by atoms with Crippen LogP contribution in [-0.4, -0.2) is 20.4 Å². The summed E-state index contributed by atoms with van der Waals surface area (Å²) >= 11 is 0. The lowest BCUT2D eigenvalue weighted by Gasteiger charge is -2.08. The Hall–Kier alpha value is -2.08. The average Bonchev–Trinajstić information content (AvgIpc) is 2.72. The maximum Gasteiger partial charge on any atom is 0.224 e. The number of aromatic nitrogens is 3. The lowest BCUT2D eigenvalue weighted by Crippen LogP contribution is -2.14. The Balaban J connectivity index is 0.00000162. The topological polar surface area (TPSA) is 89.8 Å². The molecule has 0 unspecified atom stereocenters. The molecule has 2 aromatic rings. The van der Waals surface area contributed by atoms with E-state index >= 15 is 0 Å². The van der Waals surface area contributed by atoms with Gasteiger partial charge in [-0.15, -0.1) is 12.4 Å². The molecule has 6 nitrogen and oxygen atoms in total. The molecule has 2 aromatic heterocycles. The zero-order valence-electron chi connectivity index (χ0n) is 9.83. The molecule has 0 amide bonds. The molecule has 2 rings (SSSR count). The Labute approximate surface area is 111 Å². The van der Waals surface area contributed by atoms with Gasteiger partial charge in [-0.1, -0.05) is 0 Å². The SMILES string of the molecule is Cl.Cn1ccnc1COc1ncccc1C(=N)N. The van der Waals surface area contributed by atoms with E-state index in [0.29, 0.717) is 18.1 Å². The van der Waals surface area contributed by atoms with Crippen LogP contribution in [0, 0.1) is 5.41 Å². The van der Waals surface area contributed by atoms with E-state index < -0.39 is 0 Å². The second-order valence-electron chi connectivity index (χ2n) is 3.51. The molecule has 2 heterocycles. The van der Waals surface area contributed by atoms with Crippen molar-refractivity contribution in [3.05, 3.63) is 42.1 Å². The van der Waals surface area contributed by atoms with E-state index in [1.807, 2.05) is 17.8 Å². The summed E-state index contributed by atoms with van der Waals surface area (Å²) in [6.45, 7) is 0.292. The van der Waals surface area contributed by atoms with Crippen LogP contribution >= 0.6 is 12.4 Å². The molecule has 3 N–H and O–H groups in total. The van der Waals surface area contributed by atoms with Crippen molar-refractivity contribution in [3.8, 4) is 5.88 Å². The summed E-state index contributed by atoms with van der Waals surface area (Å²) in [7, 11) is 1.88. The van der Waals surface area contributed by atoms with Crippen molar-refractivity contribution in [3.63, 3.8) is 0 Å². The Morgan fingerprint density at radius 3 is 2.83 bits per heavy atom. The van der Waals surface area contributed by atoms with Gasteiger partial charge in [0.15, 0.2) is 0 Å². The van der Waals surface area contributed by atoms with Crippen molar-refractivity contribution in [2.45, 2.75) is 6.61 Å². The monoisotopic (exact) mass is 267 g/mol. The number of rotatable bonds is 4. The third-order valence-corrected chi connectivity index (χ3v) is 2.32. The molecular formula is C11H14ClN5O. The molecule has 0 fully saturated rings. The van der Waals surface area contributed by atoms with E-state index in [1.54, 1.807) is 24.5 Å². The van der Waals surface area contributed by atoms with Crippen molar-refractivity contribution >= 4 is 18.2 Å². The van der Waals surface area contributed by atoms with Crippen LogP contribution in [-0.2, 0) is 13.7 Å². The summed E-state index contributed by atoms with van der Waals surface area (Å²) in [5.74, 6) is 1.07. The molecule has 0 aliphatic carbocycles. The molecule has 0 saturated heterocycles. The Bertz CT molecular complexity index is 540. The Kier molecular flexibility index (Phi) is 4.67. The number of pyridine rings is 1. The van der Waals surface area contributed by atoms with Crippen molar-refractivity contribution in [1.29, 1.82) is 5.41 Å². The van der Waals surface area contributed by atoms with Gasteiger partial charge in [0.1, 0.15) is 18.3 Å². The minimum atomic E-state index is -0.0621. The third-order valence-electron chi connectivity index (χ3n) is 2.32. The molecule has 0 radical (unpaired) electrons. The number of nitrogen functional groups attached to an aromatic ring is 1. The number of nitrogens with two attached hydrogens (primary N) is 1. The number of imidazole rings is 1. The fourth-order valence-corrected chi connectivity index (χ4v) is 1.38. The second kappa shape index (κ2) is 6.02. The Morgan fingerprint density at radius 1 is 1.44 bits per heavy atom. The number of ether oxygens (including phenoxy) is 1. The number of halogens is 1. The number of aryl methyl sites for hydroxylation is 1. The predicted octanol–water partition coefficient (Wildman–Crippen LogP) is 1.10. The van der Waals surface area contributed by atoms with Crippen LogP contribution in [0.25, 0.3) is 0 Å². The summed E-state index contributed by atoms with van der Waals surface area (Å²) in [6.07, 6.45) is 5.13. The Morgan fingerprint density at radius 2 is 2.22 bits per heavy atom. The molecule has 0 aliphatic rings. The van der Waals surface area contributed by atoms with Gasteiger partial charge in [0.25, 0.3) is 0 Å². The fourth-order valence-electron chi connectivity index (χ4n) is 1.38. The highest BCUT2D eigenvalue weighted by Crippen LogP contribution is 2.14. The molecular weight excluding hydrogens is 254 g/mol. The smallest absolute Gasteiger partial charge is 0.224 e. The van der Waals surface area contributed by atoms with Crippen molar-refractivity contribution < 1.29 is 4.74 Å². The number of hydrogen-bond acceptors (Lipinski definition) is 4. The first-order valence-electron chi connectivity index (χ1n) is 5.07. The summed E-state index contributed by atoms with van der Waals surface area (Å²) in [4.78, 5) is 8.18. The highest BCUT2D eigenvalue weighted by atomic mass is 35.5. The van der Waals surface area contributed by atoms with Crippen LogP contribution in [0.2, 0.25) is 0 Å². The van der Waals surface area contributed by atoms with Crippen molar-refractivity contribution in [2.24, 2.45) is 12.8 Å². The van der Waals surface area contributed by atoms with Gasteiger partial charge in [-0.3, -0.25) is 5.41 Å². The lowest BCUT2D eigenvalue weighted by atomic mass is 10.2. The summed E-state index contributed by atoms with van der Waals surface area (Å²) in [5.41, 5.74) is 5.92. The maximum absolute atomic E-state index is 7.41. The molecule has 0 spiro atoms. The fraction of sp³-hybridized carbons (Fsp3) is 0.182. The average molecular weight is 268 g/mol. The maximum atomic E-state index is 7.41. The standard InChI is InChI=1S/C11H13N5O.ClH/c1-16-6-5-14-9(16)7-17-11-8(10(12)13)3-2-4-15-11;/h2-6H,7H2,1H3,(H3,12,13);1H. The van der Waals surface area contributed by atoms with Crippen LogP contribution in [0.5, 0.6) is 5.88 Å². The van der Waals surface area contributed by atoms with Gasteiger partial charge in [-0.25, -0.2) is 9.97 Å². The number of amidine groups is 1. The minimum absolute atomic E-state index is 0. The molecule has 0 aromatic carbocycles. The van der Waals surface area contributed by atoms with Crippen molar-refractivity contribution in [1.82, 2.24) is 14.5 Å². The van der Waals surface area contributed by atoms with Crippen LogP contribution in [0.15, 0.2) is 30.7 Å². The van der Waals surface area contributed by atoms with E-state index in [9.17, 15) is 0 Å². The van der Waals surface area contributed by atoms with Gasteiger partial charge < -0.3 is 15.0 Å².